The maximum absolute atomic E-state index is 12.0. The van der Waals surface area contributed by atoms with E-state index in [4.69, 9.17) is 21.7 Å². The van der Waals surface area contributed by atoms with Crippen LogP contribution < -0.4 is 25.6 Å². The first kappa shape index (κ1) is 24.6. The molecule has 2 rings (SSSR count). The van der Waals surface area contributed by atoms with Gasteiger partial charge in [-0.1, -0.05) is 22.0 Å². The first-order chi connectivity index (χ1) is 14.2. The van der Waals surface area contributed by atoms with E-state index in [1.807, 2.05) is 38.1 Å². The van der Waals surface area contributed by atoms with Crippen molar-refractivity contribution >= 4 is 76.9 Å². The monoisotopic (exact) mass is 621 g/mol. The molecule has 0 radical (unpaired) electrons. The summed E-state index contributed by atoms with van der Waals surface area (Å²) >= 11 is 15.1. The number of hydrogen-bond acceptors (Lipinski definition) is 5. The third-order valence-corrected chi connectivity index (χ3v) is 5.43. The predicted molar refractivity (Wildman–Crippen MR) is 128 cm³/mol. The van der Waals surface area contributed by atoms with E-state index >= 15 is 0 Å². The molecular weight excluding hydrogens is 606 g/mol. The molecule has 0 bridgehead atoms. The van der Waals surface area contributed by atoms with E-state index < -0.39 is 11.8 Å². The zero-order valence-corrected chi connectivity index (χ0v) is 21.6. The molecule has 2 aromatic carbocycles. The Kier molecular flexibility index (Phi) is 9.53. The Morgan fingerprint density at radius 3 is 2.30 bits per heavy atom. The number of aryl methyl sites for hydroxylation is 2. The lowest BCUT2D eigenvalue weighted by Gasteiger charge is -2.14. The predicted octanol–water partition coefficient (Wildman–Crippen LogP) is 4.07. The highest BCUT2D eigenvalue weighted by Crippen LogP contribution is 2.32. The number of hydrogen-bond donors (Lipinski definition) is 3. The molecular formula is C19H18Br3N3O4S. The van der Waals surface area contributed by atoms with Gasteiger partial charge in [0.05, 0.1) is 8.95 Å². The Labute approximate surface area is 204 Å². The maximum Gasteiger partial charge on any atom is 0.276 e. The minimum Gasteiger partial charge on any atom is -0.483 e. The lowest BCUT2D eigenvalue weighted by Crippen LogP contribution is -2.50. The normalized spacial score (nSPS) is 10.2. The number of halogens is 3. The molecule has 0 spiro atoms. The van der Waals surface area contributed by atoms with Crippen LogP contribution in [0.25, 0.3) is 0 Å². The molecule has 0 aromatic heterocycles. The van der Waals surface area contributed by atoms with Crippen molar-refractivity contribution in [1.29, 1.82) is 0 Å². The SMILES string of the molecule is Cc1ccc(OCC(=O)NNC(=S)NC(=O)COc2c(C)cc(Br)cc2Br)c(Br)c1. The van der Waals surface area contributed by atoms with Crippen LogP contribution in [0.3, 0.4) is 0 Å². The minimum atomic E-state index is -0.476. The Morgan fingerprint density at radius 2 is 1.63 bits per heavy atom. The summed E-state index contributed by atoms with van der Waals surface area (Å²) in [6, 6.07) is 9.20. The lowest BCUT2D eigenvalue weighted by atomic mass is 10.2. The standard InChI is InChI=1S/C19H18Br3N3O4S/c1-10-3-4-15(13(21)5-10)28-9-17(27)24-25-19(30)23-16(26)8-29-18-11(2)6-12(20)7-14(18)22/h3-7H,8-9H2,1-2H3,(H,24,27)(H2,23,25,26,30). The van der Waals surface area contributed by atoms with Crippen LogP contribution in [0.5, 0.6) is 11.5 Å². The summed E-state index contributed by atoms with van der Waals surface area (Å²) in [6.07, 6.45) is 0. The lowest BCUT2D eigenvalue weighted by molar-refractivity contribution is -0.124. The van der Waals surface area contributed by atoms with Gasteiger partial charge in [-0.05, 0) is 93.3 Å². The second kappa shape index (κ2) is 11.6. The average molecular weight is 624 g/mol. The minimum absolute atomic E-state index is 0.0694. The third-order valence-electron chi connectivity index (χ3n) is 3.56. The molecule has 0 atom stereocenters. The van der Waals surface area contributed by atoms with Gasteiger partial charge in [0.2, 0.25) is 0 Å². The van der Waals surface area contributed by atoms with E-state index in [-0.39, 0.29) is 18.3 Å². The van der Waals surface area contributed by atoms with Crippen LogP contribution >= 0.6 is 60.0 Å². The molecule has 11 heteroatoms. The van der Waals surface area contributed by atoms with Gasteiger partial charge in [0.1, 0.15) is 11.5 Å². The fourth-order valence-electron chi connectivity index (χ4n) is 2.23. The average Bonchev–Trinajstić information content (AvgIpc) is 2.64. The fraction of sp³-hybridized carbons (Fsp3) is 0.211. The van der Waals surface area contributed by atoms with Crippen LogP contribution in [0.2, 0.25) is 0 Å². The highest BCUT2D eigenvalue weighted by molar-refractivity contribution is 9.11. The van der Waals surface area contributed by atoms with Crippen molar-refractivity contribution in [2.24, 2.45) is 0 Å². The molecule has 0 aliphatic rings. The number of thiocarbonyl (C=S) groups is 1. The molecule has 0 aliphatic heterocycles. The molecule has 7 nitrogen and oxygen atoms in total. The quantitative estimate of drug-likeness (QED) is 0.332. The van der Waals surface area contributed by atoms with Gasteiger partial charge < -0.3 is 9.47 Å². The number of carbonyl (C=O) groups is 2. The molecule has 0 unspecified atom stereocenters. The van der Waals surface area contributed by atoms with Crippen LogP contribution in [-0.2, 0) is 9.59 Å². The van der Waals surface area contributed by atoms with Crippen molar-refractivity contribution in [3.05, 3.63) is 54.9 Å². The van der Waals surface area contributed by atoms with Gasteiger partial charge >= 0.3 is 0 Å². The van der Waals surface area contributed by atoms with Crippen LogP contribution in [-0.4, -0.2) is 30.1 Å². The van der Waals surface area contributed by atoms with E-state index in [0.29, 0.717) is 11.5 Å². The van der Waals surface area contributed by atoms with Crippen LogP contribution in [0.1, 0.15) is 11.1 Å². The Hall–Kier alpha value is -1.69. The van der Waals surface area contributed by atoms with Crippen molar-refractivity contribution in [3.63, 3.8) is 0 Å². The van der Waals surface area contributed by atoms with E-state index in [0.717, 1.165) is 24.5 Å². The van der Waals surface area contributed by atoms with Crippen molar-refractivity contribution in [3.8, 4) is 11.5 Å². The Balaban J connectivity index is 1.72. The van der Waals surface area contributed by atoms with E-state index in [9.17, 15) is 9.59 Å². The molecule has 0 saturated heterocycles. The van der Waals surface area contributed by atoms with Crippen molar-refractivity contribution in [2.75, 3.05) is 13.2 Å². The van der Waals surface area contributed by atoms with E-state index in [1.165, 1.54) is 0 Å². The van der Waals surface area contributed by atoms with Crippen molar-refractivity contribution < 1.29 is 19.1 Å². The van der Waals surface area contributed by atoms with Gasteiger partial charge in [-0.15, -0.1) is 0 Å². The first-order valence-corrected chi connectivity index (χ1v) is 11.3. The molecule has 30 heavy (non-hydrogen) atoms. The second-order valence-electron chi connectivity index (χ2n) is 6.10. The van der Waals surface area contributed by atoms with Crippen molar-refractivity contribution in [1.82, 2.24) is 16.2 Å². The smallest absolute Gasteiger partial charge is 0.276 e. The van der Waals surface area contributed by atoms with Gasteiger partial charge in [0, 0.05) is 4.47 Å². The summed E-state index contributed by atoms with van der Waals surface area (Å²) in [5.74, 6) is 0.152. The number of benzene rings is 2. The van der Waals surface area contributed by atoms with Gasteiger partial charge in [-0.25, -0.2) is 0 Å². The van der Waals surface area contributed by atoms with E-state index in [2.05, 4.69) is 64.0 Å². The molecule has 0 heterocycles. The van der Waals surface area contributed by atoms with Crippen LogP contribution in [0, 0.1) is 13.8 Å². The fourth-order valence-corrected chi connectivity index (χ4v) is 4.56. The Bertz CT molecular complexity index is 949. The zero-order valence-electron chi connectivity index (χ0n) is 16.0. The topological polar surface area (TPSA) is 88.7 Å². The third kappa shape index (κ3) is 7.86. The molecule has 0 fully saturated rings. The van der Waals surface area contributed by atoms with Gasteiger partial charge in [-0.2, -0.15) is 0 Å². The number of rotatable bonds is 6. The summed E-state index contributed by atoms with van der Waals surface area (Å²) < 4.78 is 13.3. The van der Waals surface area contributed by atoms with Gasteiger partial charge in [0.15, 0.2) is 18.3 Å². The van der Waals surface area contributed by atoms with Gasteiger partial charge in [0.25, 0.3) is 11.8 Å². The highest BCUT2D eigenvalue weighted by Gasteiger charge is 2.11. The molecule has 160 valence electrons. The van der Waals surface area contributed by atoms with Crippen molar-refractivity contribution in [2.45, 2.75) is 13.8 Å². The molecule has 3 N–H and O–H groups in total. The summed E-state index contributed by atoms with van der Waals surface area (Å²) in [7, 11) is 0. The zero-order chi connectivity index (χ0) is 22.3. The summed E-state index contributed by atoms with van der Waals surface area (Å²) in [6.45, 7) is 3.33. The summed E-state index contributed by atoms with van der Waals surface area (Å²) in [4.78, 5) is 23.9. The number of amides is 2. The maximum atomic E-state index is 12.0. The number of ether oxygens (including phenoxy) is 2. The second-order valence-corrected chi connectivity index (χ2v) is 9.13. The molecule has 2 aromatic rings. The molecule has 0 aliphatic carbocycles. The molecule has 2 amide bonds. The van der Waals surface area contributed by atoms with Crippen LogP contribution in [0.15, 0.2) is 43.7 Å². The largest absolute Gasteiger partial charge is 0.483 e. The van der Waals surface area contributed by atoms with Gasteiger partial charge in [-0.3, -0.25) is 25.8 Å². The number of carbonyl (C=O) groups excluding carboxylic acids is 2. The Morgan fingerprint density at radius 1 is 0.933 bits per heavy atom. The van der Waals surface area contributed by atoms with E-state index in [1.54, 1.807) is 6.07 Å². The summed E-state index contributed by atoms with van der Waals surface area (Å²) in [5.41, 5.74) is 6.71. The molecule has 0 saturated carbocycles. The number of nitrogens with one attached hydrogen (secondary N) is 3. The first-order valence-electron chi connectivity index (χ1n) is 8.51. The summed E-state index contributed by atoms with van der Waals surface area (Å²) in [5, 5.41) is 2.34. The highest BCUT2D eigenvalue weighted by atomic mass is 79.9. The number of hydrazine groups is 1. The van der Waals surface area contributed by atoms with Crippen LogP contribution in [0.4, 0.5) is 0 Å².